The van der Waals surface area contributed by atoms with Crippen molar-refractivity contribution in [1.29, 1.82) is 5.26 Å². The highest BCUT2D eigenvalue weighted by atomic mass is 35.5. The number of hydrogen-bond donors (Lipinski definition) is 0. The van der Waals surface area contributed by atoms with E-state index in [9.17, 15) is 5.26 Å². The zero-order chi connectivity index (χ0) is 16.1. The smallest absolute Gasteiger partial charge is 0.137 e. The second-order valence-electron chi connectivity index (χ2n) is 4.92. The van der Waals surface area contributed by atoms with Crippen LogP contribution < -0.4 is 9.47 Å². The third-order valence-corrected chi connectivity index (χ3v) is 3.68. The molecule has 0 atom stereocenters. The summed E-state index contributed by atoms with van der Waals surface area (Å²) < 4.78 is 11.3. The van der Waals surface area contributed by atoms with Gasteiger partial charge >= 0.3 is 0 Å². The van der Waals surface area contributed by atoms with Crippen molar-refractivity contribution in [2.45, 2.75) is 0 Å². The minimum atomic E-state index is 0.357. The standard InChI is InChI=1S/C19H14ClNO2/c20-15-6-8-16(9-7-15)22-11-12-23-19-10-5-14-3-1-2-4-17(14)18(19)13-21/h1-10H,11-12H2. The minimum absolute atomic E-state index is 0.357. The van der Waals surface area contributed by atoms with E-state index < -0.39 is 0 Å². The molecule has 0 saturated heterocycles. The van der Waals surface area contributed by atoms with Crippen LogP contribution in [0.2, 0.25) is 5.02 Å². The molecule has 0 N–H and O–H groups in total. The van der Waals surface area contributed by atoms with Gasteiger partial charge in [0.2, 0.25) is 0 Å². The average Bonchev–Trinajstić information content (AvgIpc) is 2.59. The van der Waals surface area contributed by atoms with E-state index in [0.29, 0.717) is 29.5 Å². The van der Waals surface area contributed by atoms with Crippen LogP contribution >= 0.6 is 11.6 Å². The first-order valence-corrected chi connectivity index (χ1v) is 7.59. The van der Waals surface area contributed by atoms with E-state index >= 15 is 0 Å². The lowest BCUT2D eigenvalue weighted by Crippen LogP contribution is -2.09. The summed E-state index contributed by atoms with van der Waals surface area (Å²) >= 11 is 5.82. The number of halogens is 1. The Kier molecular flexibility index (Phi) is 4.65. The van der Waals surface area contributed by atoms with Gasteiger partial charge in [-0.3, -0.25) is 0 Å². The zero-order valence-corrected chi connectivity index (χ0v) is 13.1. The highest BCUT2D eigenvalue weighted by Gasteiger charge is 2.08. The summed E-state index contributed by atoms with van der Waals surface area (Å²) in [4.78, 5) is 0. The highest BCUT2D eigenvalue weighted by Crippen LogP contribution is 2.27. The van der Waals surface area contributed by atoms with E-state index in [4.69, 9.17) is 21.1 Å². The molecule has 3 aromatic rings. The number of fused-ring (bicyclic) bond motifs is 1. The van der Waals surface area contributed by atoms with Gasteiger partial charge in [-0.15, -0.1) is 0 Å². The average molecular weight is 324 g/mol. The number of nitrogens with zero attached hydrogens (tertiary/aromatic N) is 1. The Labute approximate surface area is 139 Å². The summed E-state index contributed by atoms with van der Waals surface area (Å²) in [5, 5.41) is 12.0. The van der Waals surface area contributed by atoms with E-state index in [1.165, 1.54) is 0 Å². The van der Waals surface area contributed by atoms with Crippen molar-refractivity contribution < 1.29 is 9.47 Å². The van der Waals surface area contributed by atoms with E-state index in [0.717, 1.165) is 16.5 Å². The molecule has 0 amide bonds. The highest BCUT2D eigenvalue weighted by molar-refractivity contribution is 6.30. The third-order valence-electron chi connectivity index (χ3n) is 3.43. The maximum absolute atomic E-state index is 9.40. The summed E-state index contributed by atoms with van der Waals surface area (Å²) in [5.74, 6) is 1.31. The van der Waals surface area contributed by atoms with Crippen LogP contribution in [0.1, 0.15) is 5.56 Å². The lowest BCUT2D eigenvalue weighted by atomic mass is 10.0. The molecular formula is C19H14ClNO2. The molecule has 4 heteroatoms. The lowest BCUT2D eigenvalue weighted by molar-refractivity contribution is 0.217. The van der Waals surface area contributed by atoms with Crippen molar-refractivity contribution in [1.82, 2.24) is 0 Å². The van der Waals surface area contributed by atoms with Crippen molar-refractivity contribution in [2.75, 3.05) is 13.2 Å². The first-order valence-electron chi connectivity index (χ1n) is 7.21. The lowest BCUT2D eigenvalue weighted by Gasteiger charge is -2.11. The maximum Gasteiger partial charge on any atom is 0.137 e. The second-order valence-corrected chi connectivity index (χ2v) is 5.36. The van der Waals surface area contributed by atoms with Gasteiger partial charge in [-0.25, -0.2) is 0 Å². The van der Waals surface area contributed by atoms with Crippen molar-refractivity contribution in [2.24, 2.45) is 0 Å². The monoisotopic (exact) mass is 323 g/mol. The largest absolute Gasteiger partial charge is 0.490 e. The molecule has 0 bridgehead atoms. The number of hydrogen-bond acceptors (Lipinski definition) is 3. The molecule has 0 heterocycles. The van der Waals surface area contributed by atoms with Crippen molar-refractivity contribution in [3.8, 4) is 17.6 Å². The normalized spacial score (nSPS) is 10.3. The van der Waals surface area contributed by atoms with E-state index in [-0.39, 0.29) is 0 Å². The molecule has 0 spiro atoms. The van der Waals surface area contributed by atoms with E-state index in [2.05, 4.69) is 6.07 Å². The quantitative estimate of drug-likeness (QED) is 0.632. The summed E-state index contributed by atoms with van der Waals surface area (Å²) in [6, 6.07) is 20.9. The van der Waals surface area contributed by atoms with Crippen LogP contribution in [0.25, 0.3) is 10.8 Å². The Balaban J connectivity index is 1.65. The van der Waals surface area contributed by atoms with Crippen LogP contribution in [0.15, 0.2) is 60.7 Å². The van der Waals surface area contributed by atoms with Gasteiger partial charge in [0.15, 0.2) is 0 Å². The fraction of sp³-hybridized carbons (Fsp3) is 0.105. The number of benzene rings is 3. The Morgan fingerprint density at radius 3 is 2.39 bits per heavy atom. The molecule has 23 heavy (non-hydrogen) atoms. The SMILES string of the molecule is N#Cc1c(OCCOc2ccc(Cl)cc2)ccc2ccccc12. The van der Waals surface area contributed by atoms with Crippen LogP contribution in [0.5, 0.6) is 11.5 Å². The van der Waals surface area contributed by atoms with Crippen LogP contribution in [0, 0.1) is 11.3 Å². The predicted molar refractivity (Wildman–Crippen MR) is 91.1 cm³/mol. The van der Waals surface area contributed by atoms with Crippen molar-refractivity contribution >= 4 is 22.4 Å². The van der Waals surface area contributed by atoms with Gasteiger partial charge in [-0.05, 0) is 35.7 Å². The predicted octanol–water partition coefficient (Wildman–Crippen LogP) is 4.82. The molecule has 0 aliphatic rings. The summed E-state index contributed by atoms with van der Waals surface area (Å²) in [6.45, 7) is 0.745. The molecule has 0 aliphatic carbocycles. The zero-order valence-electron chi connectivity index (χ0n) is 12.3. The van der Waals surface area contributed by atoms with Crippen LogP contribution in [-0.2, 0) is 0 Å². The molecule has 0 radical (unpaired) electrons. The second kappa shape index (κ2) is 7.04. The van der Waals surface area contributed by atoms with Gasteiger partial charge < -0.3 is 9.47 Å². The van der Waals surface area contributed by atoms with Crippen molar-refractivity contribution in [3.05, 3.63) is 71.2 Å². The molecule has 3 aromatic carbocycles. The van der Waals surface area contributed by atoms with Crippen molar-refractivity contribution in [3.63, 3.8) is 0 Å². The van der Waals surface area contributed by atoms with Gasteiger partial charge in [-0.2, -0.15) is 5.26 Å². The van der Waals surface area contributed by atoms with Crippen LogP contribution in [-0.4, -0.2) is 13.2 Å². The van der Waals surface area contributed by atoms with E-state index in [1.54, 1.807) is 24.3 Å². The number of rotatable bonds is 5. The van der Waals surface area contributed by atoms with Gasteiger partial charge in [0.05, 0.1) is 0 Å². The minimum Gasteiger partial charge on any atom is -0.490 e. The molecule has 0 saturated carbocycles. The first-order chi connectivity index (χ1) is 11.3. The topological polar surface area (TPSA) is 42.2 Å². The summed E-state index contributed by atoms with van der Waals surface area (Å²) in [6.07, 6.45) is 0. The van der Waals surface area contributed by atoms with Gasteiger partial charge in [0, 0.05) is 10.4 Å². The van der Waals surface area contributed by atoms with Gasteiger partial charge in [0.25, 0.3) is 0 Å². The maximum atomic E-state index is 9.40. The number of ether oxygens (including phenoxy) is 2. The third kappa shape index (κ3) is 3.56. The Hall–Kier alpha value is -2.70. The molecule has 0 aliphatic heterocycles. The molecule has 114 valence electrons. The molecule has 0 aromatic heterocycles. The van der Waals surface area contributed by atoms with Gasteiger partial charge in [-0.1, -0.05) is 41.9 Å². The first kappa shape index (κ1) is 15.2. The Morgan fingerprint density at radius 1 is 0.870 bits per heavy atom. The van der Waals surface area contributed by atoms with Gasteiger partial charge in [0.1, 0.15) is 36.3 Å². The fourth-order valence-electron chi connectivity index (χ4n) is 2.33. The Morgan fingerprint density at radius 2 is 1.61 bits per heavy atom. The summed E-state index contributed by atoms with van der Waals surface area (Å²) in [5.41, 5.74) is 0.551. The molecular weight excluding hydrogens is 310 g/mol. The Bertz CT molecular complexity index is 853. The fourth-order valence-corrected chi connectivity index (χ4v) is 2.46. The summed E-state index contributed by atoms with van der Waals surface area (Å²) in [7, 11) is 0. The van der Waals surface area contributed by atoms with Crippen LogP contribution in [0.3, 0.4) is 0 Å². The van der Waals surface area contributed by atoms with E-state index in [1.807, 2.05) is 36.4 Å². The van der Waals surface area contributed by atoms with Crippen LogP contribution in [0.4, 0.5) is 0 Å². The molecule has 3 rings (SSSR count). The molecule has 0 fully saturated rings. The number of nitriles is 1. The molecule has 3 nitrogen and oxygen atoms in total. The molecule has 0 unspecified atom stereocenters.